The molecule has 4 nitrogen and oxygen atoms in total. The lowest BCUT2D eigenvalue weighted by atomic mass is 9.98. The van der Waals surface area contributed by atoms with Crippen LogP contribution in [0.5, 0.6) is 0 Å². The molecule has 7 aromatic carbocycles. The van der Waals surface area contributed by atoms with E-state index in [9.17, 15) is 0 Å². The maximum Gasteiger partial charge on any atom is 0.160 e. The first-order valence-corrected chi connectivity index (χ1v) is 19.3. The number of benzene rings is 7. The lowest BCUT2D eigenvalue weighted by Crippen LogP contribution is -1.99. The second-order valence-electron chi connectivity index (χ2n) is 14.4. The average molecular weight is 731 g/mol. The Morgan fingerprint density at radius 1 is 0.491 bits per heavy atom. The zero-order valence-corrected chi connectivity index (χ0v) is 31.5. The molecule has 0 atom stereocenters. The molecular formula is C53H38N4. The highest BCUT2D eigenvalue weighted by molar-refractivity contribution is 5.98. The van der Waals surface area contributed by atoms with Crippen LogP contribution in [0.4, 0.5) is 0 Å². The molecule has 4 heteroatoms. The molecule has 0 saturated heterocycles. The number of aromatic nitrogens is 4. The third-order valence-corrected chi connectivity index (χ3v) is 10.9. The average Bonchev–Trinajstić information content (AvgIpc) is 3.84. The molecule has 3 heterocycles. The van der Waals surface area contributed by atoms with Gasteiger partial charge in [0.2, 0.25) is 0 Å². The van der Waals surface area contributed by atoms with Crippen LogP contribution < -0.4 is 0 Å². The Labute approximate surface area is 332 Å². The summed E-state index contributed by atoms with van der Waals surface area (Å²) in [6, 6.07) is 66.1. The van der Waals surface area contributed by atoms with E-state index in [4.69, 9.17) is 9.97 Å². The number of hydrogen-bond donors (Lipinski definition) is 0. The van der Waals surface area contributed by atoms with Crippen LogP contribution >= 0.6 is 0 Å². The van der Waals surface area contributed by atoms with Gasteiger partial charge in [0, 0.05) is 50.6 Å². The number of hydrogen-bond acceptors (Lipinski definition) is 2. The van der Waals surface area contributed by atoms with Crippen molar-refractivity contribution in [3.8, 4) is 67.7 Å². The largest absolute Gasteiger partial charge is 0.317 e. The number of para-hydroxylation sites is 2. The standard InChI is InChI=1S/C53H38N4/c1-3-37-34-51-42(30-31-56(51)44-22-11-6-12-23-44)33-47(37)52-36(2)46-24-13-14-25-50(46)57(52)45-28-26-38(27-29-45)41-20-15-21-43(32-41)53-54-48(39-16-7-4-8-17-39)35-49(55-53)40-18-9-5-10-19-40/h3-35H,1H2,2H3. The fourth-order valence-electron chi connectivity index (χ4n) is 8.11. The van der Waals surface area contributed by atoms with Gasteiger partial charge in [-0.2, -0.15) is 0 Å². The molecule has 3 aromatic heterocycles. The molecule has 10 rings (SSSR count). The van der Waals surface area contributed by atoms with E-state index >= 15 is 0 Å². The fraction of sp³-hybridized carbons (Fsp3) is 0.0189. The van der Waals surface area contributed by atoms with E-state index < -0.39 is 0 Å². The highest BCUT2D eigenvalue weighted by Gasteiger charge is 2.21. The highest BCUT2D eigenvalue weighted by atomic mass is 15.0. The molecule has 57 heavy (non-hydrogen) atoms. The van der Waals surface area contributed by atoms with E-state index in [1.165, 1.54) is 27.5 Å². The monoisotopic (exact) mass is 730 g/mol. The van der Waals surface area contributed by atoms with Crippen LogP contribution in [0.1, 0.15) is 11.1 Å². The quantitative estimate of drug-likeness (QED) is 0.156. The smallest absolute Gasteiger partial charge is 0.160 e. The molecule has 270 valence electrons. The Morgan fingerprint density at radius 3 is 1.79 bits per heavy atom. The van der Waals surface area contributed by atoms with Crippen LogP contribution in [0.3, 0.4) is 0 Å². The van der Waals surface area contributed by atoms with Gasteiger partial charge in [0.25, 0.3) is 0 Å². The van der Waals surface area contributed by atoms with Crippen molar-refractivity contribution in [2.45, 2.75) is 6.92 Å². The SMILES string of the molecule is C=Cc1cc2c(ccn2-c2ccccc2)cc1-c1c(C)c2ccccc2n1-c1ccc(-c2cccc(-c3nc(-c4ccccc4)cc(-c4ccccc4)n3)c2)cc1. The minimum absolute atomic E-state index is 0.696. The maximum atomic E-state index is 5.08. The predicted molar refractivity (Wildman–Crippen MR) is 238 cm³/mol. The summed E-state index contributed by atoms with van der Waals surface area (Å²) in [5.41, 5.74) is 16.3. The van der Waals surface area contributed by atoms with Crippen molar-refractivity contribution in [1.82, 2.24) is 19.1 Å². The summed E-state index contributed by atoms with van der Waals surface area (Å²) < 4.78 is 4.65. The minimum atomic E-state index is 0.696. The molecule has 0 spiro atoms. The highest BCUT2D eigenvalue weighted by Crippen LogP contribution is 2.40. The molecule has 0 fully saturated rings. The zero-order valence-electron chi connectivity index (χ0n) is 31.5. The van der Waals surface area contributed by atoms with Crippen molar-refractivity contribution in [2.24, 2.45) is 0 Å². The topological polar surface area (TPSA) is 35.6 Å². The number of nitrogens with zero attached hydrogens (tertiary/aromatic N) is 4. The molecule has 10 aromatic rings. The van der Waals surface area contributed by atoms with E-state index in [0.717, 1.165) is 67.2 Å². The van der Waals surface area contributed by atoms with Crippen molar-refractivity contribution in [1.29, 1.82) is 0 Å². The Bertz CT molecular complexity index is 3010. The Hall–Kier alpha value is -7.56. The second-order valence-corrected chi connectivity index (χ2v) is 14.4. The number of aryl methyl sites for hydroxylation is 1. The van der Waals surface area contributed by atoms with Gasteiger partial charge in [-0.05, 0) is 89.8 Å². The van der Waals surface area contributed by atoms with Gasteiger partial charge in [-0.1, -0.05) is 140 Å². The van der Waals surface area contributed by atoms with Gasteiger partial charge in [0.05, 0.1) is 28.1 Å². The zero-order chi connectivity index (χ0) is 38.3. The molecule has 0 aliphatic carbocycles. The second kappa shape index (κ2) is 14.3. The first-order chi connectivity index (χ1) is 28.1. The summed E-state index contributed by atoms with van der Waals surface area (Å²) in [6.07, 6.45) is 4.14. The van der Waals surface area contributed by atoms with Crippen LogP contribution in [0.25, 0.3) is 95.5 Å². The van der Waals surface area contributed by atoms with Gasteiger partial charge in [-0.15, -0.1) is 0 Å². The predicted octanol–water partition coefficient (Wildman–Crippen LogP) is 13.7. The summed E-state index contributed by atoms with van der Waals surface area (Å²) in [7, 11) is 0. The first-order valence-electron chi connectivity index (χ1n) is 19.3. The molecule has 0 N–H and O–H groups in total. The molecule has 0 saturated carbocycles. The minimum Gasteiger partial charge on any atom is -0.317 e. The van der Waals surface area contributed by atoms with Gasteiger partial charge >= 0.3 is 0 Å². The summed E-state index contributed by atoms with van der Waals surface area (Å²) in [4.78, 5) is 10.2. The van der Waals surface area contributed by atoms with Crippen molar-refractivity contribution >= 4 is 27.9 Å². The Kier molecular flexibility index (Phi) is 8.50. The van der Waals surface area contributed by atoms with Gasteiger partial charge < -0.3 is 9.13 Å². The van der Waals surface area contributed by atoms with E-state index in [1.54, 1.807) is 0 Å². The van der Waals surface area contributed by atoms with E-state index in [2.05, 4.69) is 180 Å². The van der Waals surface area contributed by atoms with E-state index in [0.29, 0.717) is 5.82 Å². The third kappa shape index (κ3) is 6.14. The molecule has 0 aliphatic heterocycles. The fourth-order valence-corrected chi connectivity index (χ4v) is 8.11. The van der Waals surface area contributed by atoms with E-state index in [-0.39, 0.29) is 0 Å². The third-order valence-electron chi connectivity index (χ3n) is 10.9. The van der Waals surface area contributed by atoms with Crippen LogP contribution in [0.15, 0.2) is 201 Å². The van der Waals surface area contributed by atoms with Crippen LogP contribution in [0, 0.1) is 6.92 Å². The van der Waals surface area contributed by atoms with Crippen LogP contribution in [0.2, 0.25) is 0 Å². The molecule has 0 bridgehead atoms. The molecule has 0 unspecified atom stereocenters. The maximum absolute atomic E-state index is 5.08. The van der Waals surface area contributed by atoms with Gasteiger partial charge in [-0.3, -0.25) is 0 Å². The summed E-state index contributed by atoms with van der Waals surface area (Å²) in [5.74, 6) is 0.696. The van der Waals surface area contributed by atoms with Gasteiger partial charge in [0.1, 0.15) is 0 Å². The first kappa shape index (κ1) is 34.0. The molecule has 0 amide bonds. The van der Waals surface area contributed by atoms with Gasteiger partial charge in [-0.25, -0.2) is 9.97 Å². The number of fused-ring (bicyclic) bond motifs is 2. The lowest BCUT2D eigenvalue weighted by molar-refractivity contribution is 1.12. The van der Waals surface area contributed by atoms with Crippen LogP contribution in [-0.4, -0.2) is 19.1 Å². The van der Waals surface area contributed by atoms with Crippen molar-refractivity contribution < 1.29 is 0 Å². The lowest BCUT2D eigenvalue weighted by Gasteiger charge is -2.16. The number of rotatable bonds is 8. The van der Waals surface area contributed by atoms with Gasteiger partial charge in [0.15, 0.2) is 5.82 Å². The van der Waals surface area contributed by atoms with Crippen molar-refractivity contribution in [2.75, 3.05) is 0 Å². The molecule has 0 aliphatic rings. The Balaban J connectivity index is 1.06. The van der Waals surface area contributed by atoms with Crippen molar-refractivity contribution in [3.05, 3.63) is 212 Å². The summed E-state index contributed by atoms with van der Waals surface area (Å²) in [6.45, 7) is 6.52. The normalized spacial score (nSPS) is 11.3. The van der Waals surface area contributed by atoms with Crippen LogP contribution in [-0.2, 0) is 0 Å². The summed E-state index contributed by atoms with van der Waals surface area (Å²) >= 11 is 0. The van der Waals surface area contributed by atoms with E-state index in [1.807, 2.05) is 42.5 Å². The molecular weight excluding hydrogens is 693 g/mol. The summed E-state index contributed by atoms with van der Waals surface area (Å²) in [5, 5.41) is 2.41. The molecule has 0 radical (unpaired) electrons. The Morgan fingerprint density at radius 2 is 1.11 bits per heavy atom. The van der Waals surface area contributed by atoms with Crippen molar-refractivity contribution in [3.63, 3.8) is 0 Å².